The zero-order valence-electron chi connectivity index (χ0n) is 14.3. The zero-order valence-corrected chi connectivity index (χ0v) is 15.8. The van der Waals surface area contributed by atoms with Crippen molar-refractivity contribution in [2.24, 2.45) is 7.05 Å². The van der Waals surface area contributed by atoms with Crippen LogP contribution in [0.15, 0.2) is 42.9 Å². The zero-order chi connectivity index (χ0) is 19.4. The fraction of sp³-hybridized carbons (Fsp3) is 0.111. The number of aromatic nitrogens is 3. The van der Waals surface area contributed by atoms with Crippen LogP contribution in [0.2, 0.25) is 10.0 Å². The Morgan fingerprint density at radius 1 is 1.26 bits per heavy atom. The second-order valence-corrected chi connectivity index (χ2v) is 6.48. The van der Waals surface area contributed by atoms with E-state index >= 15 is 0 Å². The lowest BCUT2D eigenvalue weighted by molar-refractivity contribution is 0.102. The SMILES string of the molecule is Cn1ccnc1CNc1ncc(C(=O)Nc2ccc(Cl)cc2)c(Cl)c1C=N. The van der Waals surface area contributed by atoms with Gasteiger partial charge in [0.25, 0.3) is 5.91 Å². The van der Waals surface area contributed by atoms with Crippen LogP contribution in [-0.4, -0.2) is 26.7 Å². The Hall–Kier alpha value is -2.90. The molecule has 1 aromatic carbocycles. The molecule has 0 aliphatic rings. The molecule has 0 aliphatic carbocycles. The number of carbonyl (C=O) groups is 1. The van der Waals surface area contributed by atoms with Crippen LogP contribution in [0, 0.1) is 5.41 Å². The fourth-order valence-corrected chi connectivity index (χ4v) is 2.80. The predicted molar refractivity (Wildman–Crippen MR) is 107 cm³/mol. The van der Waals surface area contributed by atoms with Crippen molar-refractivity contribution < 1.29 is 4.79 Å². The number of nitrogens with zero attached hydrogens (tertiary/aromatic N) is 3. The number of anilines is 2. The van der Waals surface area contributed by atoms with Gasteiger partial charge in [0.05, 0.1) is 22.7 Å². The van der Waals surface area contributed by atoms with Crippen LogP contribution >= 0.6 is 23.2 Å². The molecule has 27 heavy (non-hydrogen) atoms. The first-order valence-corrected chi connectivity index (χ1v) is 8.71. The Bertz CT molecular complexity index is 984. The summed E-state index contributed by atoms with van der Waals surface area (Å²) in [6.45, 7) is 0.407. The highest BCUT2D eigenvalue weighted by molar-refractivity contribution is 6.37. The molecule has 0 fully saturated rings. The number of benzene rings is 1. The van der Waals surface area contributed by atoms with Gasteiger partial charge >= 0.3 is 0 Å². The lowest BCUT2D eigenvalue weighted by atomic mass is 10.1. The summed E-state index contributed by atoms with van der Waals surface area (Å²) < 4.78 is 1.87. The number of halogens is 2. The van der Waals surface area contributed by atoms with Gasteiger partial charge in [0.2, 0.25) is 0 Å². The van der Waals surface area contributed by atoms with Gasteiger partial charge in [0.1, 0.15) is 11.6 Å². The van der Waals surface area contributed by atoms with E-state index in [1.165, 1.54) is 6.20 Å². The van der Waals surface area contributed by atoms with Gasteiger partial charge in [-0.1, -0.05) is 23.2 Å². The number of carbonyl (C=O) groups excluding carboxylic acids is 1. The van der Waals surface area contributed by atoms with Crippen molar-refractivity contribution in [3.63, 3.8) is 0 Å². The molecule has 138 valence electrons. The third kappa shape index (κ3) is 4.27. The molecule has 2 heterocycles. The molecule has 0 atom stereocenters. The van der Waals surface area contributed by atoms with Crippen molar-refractivity contribution in [2.75, 3.05) is 10.6 Å². The summed E-state index contributed by atoms with van der Waals surface area (Å²) in [6, 6.07) is 6.71. The van der Waals surface area contributed by atoms with E-state index in [9.17, 15) is 4.79 Å². The molecule has 3 rings (SSSR count). The summed E-state index contributed by atoms with van der Waals surface area (Å²) >= 11 is 12.2. The smallest absolute Gasteiger partial charge is 0.258 e. The summed E-state index contributed by atoms with van der Waals surface area (Å²) in [7, 11) is 1.88. The van der Waals surface area contributed by atoms with Crippen LogP contribution in [-0.2, 0) is 13.6 Å². The fourth-order valence-electron chi connectivity index (χ4n) is 2.40. The molecule has 7 nitrogen and oxygen atoms in total. The number of imidazole rings is 1. The van der Waals surface area contributed by atoms with Gasteiger partial charge in [-0.05, 0) is 24.3 Å². The standard InChI is InChI=1S/C18H16Cl2N6O/c1-26-7-6-22-15(26)10-24-17-13(8-21)16(20)14(9-23-17)18(27)25-12-4-2-11(19)3-5-12/h2-9,21H,10H2,1H3,(H,23,24)(H,25,27). The summed E-state index contributed by atoms with van der Waals surface area (Å²) in [6.07, 6.45) is 5.97. The molecule has 0 saturated heterocycles. The lowest BCUT2D eigenvalue weighted by Gasteiger charge is -2.13. The number of hydrogen-bond donors (Lipinski definition) is 3. The minimum absolute atomic E-state index is 0.147. The number of amides is 1. The molecular formula is C18H16Cl2N6O. The first kappa shape index (κ1) is 18.9. The van der Waals surface area contributed by atoms with Crippen molar-refractivity contribution in [3.8, 4) is 0 Å². The van der Waals surface area contributed by atoms with Crippen LogP contribution in [0.3, 0.4) is 0 Å². The topological polar surface area (TPSA) is 95.7 Å². The number of nitrogens with one attached hydrogen (secondary N) is 3. The molecule has 0 bridgehead atoms. The van der Waals surface area contributed by atoms with Crippen LogP contribution < -0.4 is 10.6 Å². The molecule has 0 radical (unpaired) electrons. The quantitative estimate of drug-likeness (QED) is 0.543. The highest BCUT2D eigenvalue weighted by Gasteiger charge is 2.17. The number of hydrogen-bond acceptors (Lipinski definition) is 5. The molecule has 2 aromatic heterocycles. The molecule has 0 aliphatic heterocycles. The van der Waals surface area contributed by atoms with Crippen LogP contribution in [0.25, 0.3) is 0 Å². The second kappa shape index (κ2) is 8.20. The molecular weight excluding hydrogens is 387 g/mol. The Balaban J connectivity index is 1.80. The summed E-state index contributed by atoms with van der Waals surface area (Å²) in [5, 5.41) is 14.2. The average Bonchev–Trinajstić information content (AvgIpc) is 3.06. The first-order chi connectivity index (χ1) is 13.0. The highest BCUT2D eigenvalue weighted by atomic mass is 35.5. The summed E-state index contributed by atoms with van der Waals surface area (Å²) in [5.41, 5.74) is 1.08. The molecule has 1 amide bonds. The van der Waals surface area contributed by atoms with Crippen molar-refractivity contribution >= 4 is 46.8 Å². The third-order valence-corrected chi connectivity index (χ3v) is 4.54. The van der Waals surface area contributed by atoms with E-state index in [0.29, 0.717) is 28.6 Å². The van der Waals surface area contributed by atoms with Crippen molar-refractivity contribution in [1.82, 2.24) is 14.5 Å². The largest absolute Gasteiger partial charge is 0.362 e. The minimum Gasteiger partial charge on any atom is -0.362 e. The number of rotatable bonds is 6. The predicted octanol–water partition coefficient (Wildman–Crippen LogP) is 3.98. The minimum atomic E-state index is -0.423. The molecule has 3 N–H and O–H groups in total. The van der Waals surface area contributed by atoms with Gasteiger partial charge in [-0.15, -0.1) is 0 Å². The maximum Gasteiger partial charge on any atom is 0.258 e. The van der Waals surface area contributed by atoms with E-state index in [1.807, 2.05) is 17.8 Å². The van der Waals surface area contributed by atoms with E-state index in [-0.39, 0.29) is 10.6 Å². The monoisotopic (exact) mass is 402 g/mol. The van der Waals surface area contributed by atoms with Gasteiger partial charge in [-0.2, -0.15) is 0 Å². The summed E-state index contributed by atoms with van der Waals surface area (Å²) in [5.74, 6) is 0.781. The van der Waals surface area contributed by atoms with E-state index in [2.05, 4.69) is 20.6 Å². The van der Waals surface area contributed by atoms with E-state index < -0.39 is 5.91 Å². The van der Waals surface area contributed by atoms with E-state index in [0.717, 1.165) is 12.0 Å². The van der Waals surface area contributed by atoms with Gasteiger partial charge in [-0.25, -0.2) is 9.97 Å². The lowest BCUT2D eigenvalue weighted by Crippen LogP contribution is -2.15. The maximum atomic E-state index is 12.5. The first-order valence-electron chi connectivity index (χ1n) is 7.95. The van der Waals surface area contributed by atoms with E-state index in [1.54, 1.807) is 30.5 Å². The Labute approximate surface area is 165 Å². The second-order valence-electron chi connectivity index (χ2n) is 5.66. The summed E-state index contributed by atoms with van der Waals surface area (Å²) in [4.78, 5) is 21.0. The number of pyridine rings is 1. The van der Waals surface area contributed by atoms with Crippen LogP contribution in [0.1, 0.15) is 21.7 Å². The number of aryl methyl sites for hydroxylation is 1. The third-order valence-electron chi connectivity index (χ3n) is 3.88. The molecule has 0 spiro atoms. The average molecular weight is 403 g/mol. The molecule has 3 aromatic rings. The Kier molecular flexibility index (Phi) is 5.73. The highest BCUT2D eigenvalue weighted by Crippen LogP contribution is 2.26. The van der Waals surface area contributed by atoms with Gasteiger partial charge in [-0.3, -0.25) is 4.79 Å². The van der Waals surface area contributed by atoms with Crippen molar-refractivity contribution in [3.05, 3.63) is 69.9 Å². The van der Waals surface area contributed by atoms with Crippen molar-refractivity contribution in [1.29, 1.82) is 5.41 Å². The van der Waals surface area contributed by atoms with Gasteiger partial charge < -0.3 is 20.6 Å². The molecule has 0 saturated carbocycles. The molecule has 9 heteroatoms. The normalized spacial score (nSPS) is 10.5. The van der Waals surface area contributed by atoms with Crippen molar-refractivity contribution in [2.45, 2.75) is 6.54 Å². The van der Waals surface area contributed by atoms with Gasteiger partial charge in [0.15, 0.2) is 0 Å². The molecule has 0 unspecified atom stereocenters. The Morgan fingerprint density at radius 2 is 2.00 bits per heavy atom. The Morgan fingerprint density at radius 3 is 2.63 bits per heavy atom. The van der Waals surface area contributed by atoms with Gasteiger partial charge in [0, 0.05) is 42.6 Å². The van der Waals surface area contributed by atoms with E-state index in [4.69, 9.17) is 28.6 Å². The van der Waals surface area contributed by atoms with Crippen LogP contribution in [0.5, 0.6) is 0 Å². The maximum absolute atomic E-state index is 12.5. The van der Waals surface area contributed by atoms with Crippen LogP contribution in [0.4, 0.5) is 11.5 Å².